The average molecular weight is 382 g/mol. The minimum Gasteiger partial charge on any atom is -0.352 e. The van der Waals surface area contributed by atoms with E-state index in [1.165, 1.54) is 19.2 Å². The first kappa shape index (κ1) is 19.8. The molecule has 2 aromatic rings. The van der Waals surface area contributed by atoms with Crippen LogP contribution in [0.1, 0.15) is 11.1 Å². The fourth-order valence-corrected chi connectivity index (χ4v) is 2.90. The van der Waals surface area contributed by atoms with Crippen molar-refractivity contribution in [3.05, 3.63) is 65.2 Å². The highest BCUT2D eigenvalue weighted by molar-refractivity contribution is 7.89. The molecule has 0 aliphatic rings. The van der Waals surface area contributed by atoms with Gasteiger partial charge in [-0.1, -0.05) is 12.1 Å². The van der Waals surface area contributed by atoms with E-state index in [1.54, 1.807) is 19.2 Å². The predicted molar refractivity (Wildman–Crippen MR) is 96.1 cm³/mol. The van der Waals surface area contributed by atoms with E-state index in [0.29, 0.717) is 12.5 Å². The van der Waals surface area contributed by atoms with Crippen molar-refractivity contribution in [2.24, 2.45) is 4.99 Å². The SMILES string of the molecule is CN=C(NCc1ccc(S(=O)(=O)NC)cc1)NCc1cc(F)ccc1F. The molecule has 0 radical (unpaired) electrons. The lowest BCUT2D eigenvalue weighted by atomic mass is 10.2. The second-order valence-electron chi connectivity index (χ2n) is 5.37. The first-order valence-corrected chi connectivity index (χ1v) is 9.25. The van der Waals surface area contributed by atoms with Gasteiger partial charge in [-0.25, -0.2) is 21.9 Å². The number of nitrogens with one attached hydrogen (secondary N) is 3. The normalized spacial score (nSPS) is 12.1. The second kappa shape index (κ2) is 8.72. The van der Waals surface area contributed by atoms with Crippen molar-refractivity contribution in [1.82, 2.24) is 15.4 Å². The number of halogens is 2. The summed E-state index contributed by atoms with van der Waals surface area (Å²) in [5, 5.41) is 5.91. The summed E-state index contributed by atoms with van der Waals surface area (Å²) in [6.45, 7) is 0.452. The molecule has 2 aromatic carbocycles. The molecule has 0 spiro atoms. The lowest BCUT2D eigenvalue weighted by Gasteiger charge is -2.13. The lowest BCUT2D eigenvalue weighted by Crippen LogP contribution is -2.36. The maximum Gasteiger partial charge on any atom is 0.240 e. The van der Waals surface area contributed by atoms with Crippen LogP contribution in [-0.4, -0.2) is 28.5 Å². The third-order valence-electron chi connectivity index (χ3n) is 3.64. The molecule has 0 heterocycles. The fourth-order valence-electron chi connectivity index (χ4n) is 2.17. The molecular weight excluding hydrogens is 362 g/mol. The minimum absolute atomic E-state index is 0.0720. The van der Waals surface area contributed by atoms with Gasteiger partial charge in [-0.05, 0) is 42.9 Å². The minimum atomic E-state index is -3.47. The van der Waals surface area contributed by atoms with Gasteiger partial charge in [0.05, 0.1) is 4.90 Å². The van der Waals surface area contributed by atoms with Crippen LogP contribution in [0.4, 0.5) is 8.78 Å². The number of rotatable bonds is 6. The Bertz CT molecular complexity index is 884. The monoisotopic (exact) mass is 382 g/mol. The summed E-state index contributed by atoms with van der Waals surface area (Å²) in [7, 11) is -0.566. The zero-order chi connectivity index (χ0) is 19.2. The Morgan fingerprint density at radius 2 is 1.69 bits per heavy atom. The summed E-state index contributed by atoms with van der Waals surface area (Å²) < 4.78 is 52.4. The average Bonchev–Trinajstić information content (AvgIpc) is 2.64. The molecule has 0 fully saturated rings. The summed E-state index contributed by atoms with van der Waals surface area (Å²) in [5.41, 5.74) is 1.02. The quantitative estimate of drug-likeness (QED) is 0.525. The Morgan fingerprint density at radius 3 is 2.31 bits per heavy atom. The standard InChI is InChI=1S/C17H20F2N4O2S/c1-20-17(23-11-13-9-14(18)5-8-16(13)19)22-10-12-3-6-15(7-4-12)26(24,25)21-2/h3-9,21H,10-11H2,1-2H3,(H2,20,22,23). The Labute approximate surface area is 151 Å². The van der Waals surface area contributed by atoms with E-state index in [9.17, 15) is 17.2 Å². The van der Waals surface area contributed by atoms with E-state index in [0.717, 1.165) is 23.8 Å². The van der Waals surface area contributed by atoms with Crippen LogP contribution in [-0.2, 0) is 23.1 Å². The highest BCUT2D eigenvalue weighted by Gasteiger charge is 2.10. The van der Waals surface area contributed by atoms with Gasteiger partial charge in [0.25, 0.3) is 0 Å². The van der Waals surface area contributed by atoms with Crippen LogP contribution >= 0.6 is 0 Å². The van der Waals surface area contributed by atoms with Gasteiger partial charge in [0.15, 0.2) is 5.96 Å². The maximum absolute atomic E-state index is 13.6. The summed E-state index contributed by atoms with van der Waals surface area (Å²) in [6, 6.07) is 9.61. The molecule has 0 saturated carbocycles. The van der Waals surface area contributed by atoms with Crippen LogP contribution in [0.2, 0.25) is 0 Å². The van der Waals surface area contributed by atoms with Crippen molar-refractivity contribution in [3.8, 4) is 0 Å². The zero-order valence-corrected chi connectivity index (χ0v) is 15.2. The molecule has 6 nitrogen and oxygen atoms in total. The predicted octanol–water partition coefficient (Wildman–Crippen LogP) is 1.74. The summed E-state index contributed by atoms with van der Waals surface area (Å²) in [5.74, 6) is -0.612. The Kier molecular flexibility index (Phi) is 6.64. The number of benzene rings is 2. The molecule has 0 amide bonds. The summed E-state index contributed by atoms with van der Waals surface area (Å²) >= 11 is 0. The molecular formula is C17H20F2N4O2S. The van der Waals surface area contributed by atoms with Crippen LogP contribution in [0.15, 0.2) is 52.4 Å². The van der Waals surface area contributed by atoms with E-state index in [4.69, 9.17) is 0 Å². The van der Waals surface area contributed by atoms with Gasteiger partial charge in [0.2, 0.25) is 10.0 Å². The smallest absolute Gasteiger partial charge is 0.240 e. The molecule has 0 unspecified atom stereocenters. The molecule has 0 atom stereocenters. The Morgan fingerprint density at radius 1 is 1.04 bits per heavy atom. The van der Waals surface area contributed by atoms with Crippen LogP contribution in [0.25, 0.3) is 0 Å². The molecule has 140 valence electrons. The molecule has 0 aromatic heterocycles. The summed E-state index contributed by atoms with van der Waals surface area (Å²) in [6.07, 6.45) is 0. The highest BCUT2D eigenvalue weighted by atomic mass is 32.2. The van der Waals surface area contributed by atoms with Gasteiger partial charge in [-0.3, -0.25) is 4.99 Å². The van der Waals surface area contributed by atoms with E-state index in [1.807, 2.05) is 0 Å². The van der Waals surface area contributed by atoms with Crippen LogP contribution in [0, 0.1) is 11.6 Å². The maximum atomic E-state index is 13.6. The third kappa shape index (κ3) is 5.24. The van der Waals surface area contributed by atoms with Crippen LogP contribution in [0.3, 0.4) is 0 Å². The molecule has 9 heteroatoms. The first-order valence-electron chi connectivity index (χ1n) is 7.76. The number of hydrogen-bond donors (Lipinski definition) is 3. The molecule has 0 bridgehead atoms. The second-order valence-corrected chi connectivity index (χ2v) is 7.25. The van der Waals surface area contributed by atoms with E-state index in [2.05, 4.69) is 20.3 Å². The zero-order valence-electron chi connectivity index (χ0n) is 14.4. The van der Waals surface area contributed by atoms with E-state index >= 15 is 0 Å². The van der Waals surface area contributed by atoms with Crippen molar-refractivity contribution < 1.29 is 17.2 Å². The molecule has 3 N–H and O–H groups in total. The molecule has 0 aliphatic heterocycles. The van der Waals surface area contributed by atoms with Crippen molar-refractivity contribution in [3.63, 3.8) is 0 Å². The molecule has 2 rings (SSSR count). The first-order chi connectivity index (χ1) is 12.4. The van der Waals surface area contributed by atoms with Crippen LogP contribution in [0.5, 0.6) is 0 Å². The van der Waals surface area contributed by atoms with Crippen molar-refractivity contribution in [2.75, 3.05) is 14.1 Å². The Balaban J connectivity index is 1.94. The molecule has 0 aliphatic carbocycles. The van der Waals surface area contributed by atoms with Gasteiger partial charge in [-0.15, -0.1) is 0 Å². The van der Waals surface area contributed by atoms with Gasteiger partial charge in [0.1, 0.15) is 11.6 Å². The van der Waals surface area contributed by atoms with Crippen LogP contribution < -0.4 is 15.4 Å². The molecule has 26 heavy (non-hydrogen) atoms. The fraction of sp³-hybridized carbons (Fsp3) is 0.235. The van der Waals surface area contributed by atoms with Crippen molar-refractivity contribution in [2.45, 2.75) is 18.0 Å². The number of guanidine groups is 1. The van der Waals surface area contributed by atoms with E-state index in [-0.39, 0.29) is 17.0 Å². The number of sulfonamides is 1. The van der Waals surface area contributed by atoms with Gasteiger partial charge >= 0.3 is 0 Å². The van der Waals surface area contributed by atoms with E-state index < -0.39 is 21.7 Å². The summed E-state index contributed by atoms with van der Waals surface area (Å²) in [4.78, 5) is 4.19. The highest BCUT2D eigenvalue weighted by Crippen LogP contribution is 2.10. The number of aliphatic imine (C=N–C) groups is 1. The lowest BCUT2D eigenvalue weighted by molar-refractivity contribution is 0.581. The van der Waals surface area contributed by atoms with Gasteiger partial charge in [0, 0.05) is 25.7 Å². The van der Waals surface area contributed by atoms with Crippen molar-refractivity contribution in [1.29, 1.82) is 0 Å². The molecule has 0 saturated heterocycles. The van der Waals surface area contributed by atoms with Gasteiger partial charge in [-0.2, -0.15) is 0 Å². The topological polar surface area (TPSA) is 82.6 Å². The number of hydrogen-bond acceptors (Lipinski definition) is 3. The largest absolute Gasteiger partial charge is 0.352 e. The third-order valence-corrected chi connectivity index (χ3v) is 5.07. The number of nitrogens with zero attached hydrogens (tertiary/aromatic N) is 1. The Hall–Kier alpha value is -2.52. The van der Waals surface area contributed by atoms with Crippen molar-refractivity contribution >= 4 is 16.0 Å². The van der Waals surface area contributed by atoms with Gasteiger partial charge < -0.3 is 10.6 Å².